The molecule has 1 saturated heterocycles. The third-order valence-corrected chi connectivity index (χ3v) is 7.76. The average Bonchev–Trinajstić information content (AvgIpc) is 3.49. The summed E-state index contributed by atoms with van der Waals surface area (Å²) in [5, 5.41) is 16.2. The first-order valence-electron chi connectivity index (χ1n) is 13.3. The van der Waals surface area contributed by atoms with Gasteiger partial charge in [0.25, 0.3) is 0 Å². The Morgan fingerprint density at radius 2 is 1.90 bits per heavy atom. The van der Waals surface area contributed by atoms with Crippen LogP contribution < -0.4 is 16.4 Å². The molecule has 1 aromatic heterocycles. The molecule has 4 atom stereocenters. The lowest BCUT2D eigenvalue weighted by Crippen LogP contribution is -2.58. The van der Waals surface area contributed by atoms with Crippen LogP contribution in [0.25, 0.3) is 10.4 Å². The molecule has 10 nitrogen and oxygen atoms in total. The minimum Gasteiger partial charge on any atom is -0.391 e. The monoisotopic (exact) mass is 595 g/mol. The van der Waals surface area contributed by atoms with E-state index in [2.05, 4.69) is 15.6 Å². The van der Waals surface area contributed by atoms with Crippen molar-refractivity contribution in [3.8, 4) is 10.4 Å². The van der Waals surface area contributed by atoms with E-state index >= 15 is 0 Å². The van der Waals surface area contributed by atoms with E-state index in [9.17, 15) is 19.5 Å². The van der Waals surface area contributed by atoms with Gasteiger partial charge in [-0.2, -0.15) is 0 Å². The first-order valence-corrected chi connectivity index (χ1v) is 14.2. The number of aliphatic hydroxyl groups is 1. The van der Waals surface area contributed by atoms with E-state index in [1.54, 1.807) is 11.3 Å². The highest BCUT2D eigenvalue weighted by molar-refractivity contribution is 7.13. The summed E-state index contributed by atoms with van der Waals surface area (Å²) in [6, 6.07) is 5.88. The Morgan fingerprint density at radius 1 is 1.23 bits per heavy atom. The van der Waals surface area contributed by atoms with Crippen molar-refractivity contribution in [2.75, 3.05) is 26.3 Å². The zero-order valence-corrected chi connectivity index (χ0v) is 25.4. The van der Waals surface area contributed by atoms with Crippen molar-refractivity contribution in [2.45, 2.75) is 71.7 Å². The fraction of sp³-hybridized carbons (Fsp3) is 0.571. The highest BCUT2D eigenvalue weighted by Crippen LogP contribution is 2.29. The van der Waals surface area contributed by atoms with Gasteiger partial charge in [-0.3, -0.25) is 14.4 Å². The van der Waals surface area contributed by atoms with Crippen molar-refractivity contribution in [1.82, 2.24) is 20.5 Å². The van der Waals surface area contributed by atoms with Crippen LogP contribution in [0.5, 0.6) is 0 Å². The molecule has 2 aromatic rings. The summed E-state index contributed by atoms with van der Waals surface area (Å²) in [4.78, 5) is 46.3. The highest BCUT2D eigenvalue weighted by atomic mass is 35.5. The predicted molar refractivity (Wildman–Crippen MR) is 158 cm³/mol. The number of carbonyl (C=O) groups is 3. The molecule has 3 rings (SSSR count). The predicted octanol–water partition coefficient (Wildman–Crippen LogP) is 2.58. The molecule has 5 N–H and O–H groups in total. The number of aryl methyl sites for hydroxylation is 1. The molecule has 0 spiro atoms. The number of nitrogens with one attached hydrogen (secondary N) is 2. The fourth-order valence-corrected chi connectivity index (χ4v) is 5.38. The molecule has 1 aliphatic heterocycles. The molecule has 1 aromatic carbocycles. The van der Waals surface area contributed by atoms with Crippen LogP contribution in [0.4, 0.5) is 0 Å². The van der Waals surface area contributed by atoms with E-state index in [-0.39, 0.29) is 43.9 Å². The Morgan fingerprint density at radius 3 is 2.48 bits per heavy atom. The maximum atomic E-state index is 13.7. The molecule has 40 heavy (non-hydrogen) atoms. The average molecular weight is 596 g/mol. The number of nitrogens with zero attached hydrogens (tertiary/aromatic N) is 2. The van der Waals surface area contributed by atoms with Crippen LogP contribution in [0, 0.1) is 12.3 Å². The maximum Gasteiger partial charge on any atom is 0.246 e. The molecular formula is C28H42ClN5O5S. The van der Waals surface area contributed by atoms with Crippen molar-refractivity contribution in [3.05, 3.63) is 41.0 Å². The zero-order chi connectivity index (χ0) is 28.7. The van der Waals surface area contributed by atoms with Gasteiger partial charge in [0.15, 0.2) is 0 Å². The number of carbonyl (C=O) groups excluding carboxylic acids is 3. The van der Waals surface area contributed by atoms with E-state index in [1.165, 1.54) is 4.90 Å². The fourth-order valence-electron chi connectivity index (χ4n) is 4.57. The van der Waals surface area contributed by atoms with E-state index in [0.29, 0.717) is 19.6 Å². The van der Waals surface area contributed by atoms with Gasteiger partial charge < -0.3 is 31.1 Å². The number of likely N-dealkylation sites (tertiary alicyclic amines) is 1. The summed E-state index contributed by atoms with van der Waals surface area (Å²) >= 11 is 1.58. The molecule has 0 aliphatic carbocycles. The summed E-state index contributed by atoms with van der Waals surface area (Å²) in [6.45, 7) is 10.0. The summed E-state index contributed by atoms with van der Waals surface area (Å²) in [7, 11) is 0. The van der Waals surface area contributed by atoms with Gasteiger partial charge in [-0.15, -0.1) is 23.7 Å². The SMILES string of the molecule is Cc1ncsc1-c1ccc([C@H](C)NC(=O)[C@@H]2C[C@@H](O)CN2C(=O)[C@@H](NC(=O)COCCCN)C(C)(C)C)cc1.Cl. The van der Waals surface area contributed by atoms with Crippen LogP contribution in [0.2, 0.25) is 0 Å². The number of halogens is 1. The van der Waals surface area contributed by atoms with E-state index in [0.717, 1.165) is 21.7 Å². The minimum absolute atomic E-state index is 0. The Labute approximate surface area is 246 Å². The smallest absolute Gasteiger partial charge is 0.246 e. The van der Waals surface area contributed by atoms with Gasteiger partial charge in [0.2, 0.25) is 17.7 Å². The number of rotatable bonds is 11. The molecule has 0 unspecified atom stereocenters. The summed E-state index contributed by atoms with van der Waals surface area (Å²) in [5.74, 6) is -1.18. The van der Waals surface area contributed by atoms with Crippen LogP contribution in [0.1, 0.15) is 57.8 Å². The van der Waals surface area contributed by atoms with Gasteiger partial charge in [0, 0.05) is 19.6 Å². The van der Waals surface area contributed by atoms with Gasteiger partial charge >= 0.3 is 0 Å². The summed E-state index contributed by atoms with van der Waals surface area (Å²) in [6.07, 6.45) is -0.0788. The van der Waals surface area contributed by atoms with Crippen molar-refractivity contribution < 1.29 is 24.2 Å². The van der Waals surface area contributed by atoms with Gasteiger partial charge in [0.1, 0.15) is 18.7 Å². The van der Waals surface area contributed by atoms with Crippen LogP contribution in [0.15, 0.2) is 29.8 Å². The topological polar surface area (TPSA) is 147 Å². The summed E-state index contributed by atoms with van der Waals surface area (Å²) < 4.78 is 5.33. The standard InChI is InChI=1S/C28H41N5O5S.ClH/c1-17(19-7-9-20(10-8-19)24-18(2)30-16-39-24)31-26(36)22-13-21(34)14-33(22)27(37)25(28(3,4)5)32-23(35)15-38-12-6-11-29;/h7-10,16-17,21-22,25,34H,6,11-15,29H2,1-5H3,(H,31,36)(H,32,35);1H/t17-,21+,22-,25+;/m0./s1. The molecule has 1 fully saturated rings. The molecule has 12 heteroatoms. The lowest BCUT2D eigenvalue weighted by Gasteiger charge is -2.35. The van der Waals surface area contributed by atoms with E-state index < -0.39 is 35.4 Å². The number of aliphatic hydroxyl groups excluding tert-OH is 1. The van der Waals surface area contributed by atoms with Crippen molar-refractivity contribution >= 4 is 41.5 Å². The maximum absolute atomic E-state index is 13.7. The molecule has 3 amide bonds. The third-order valence-electron chi connectivity index (χ3n) is 6.79. The van der Waals surface area contributed by atoms with Gasteiger partial charge in [-0.1, -0.05) is 45.0 Å². The molecular weight excluding hydrogens is 554 g/mol. The molecule has 0 saturated carbocycles. The van der Waals surface area contributed by atoms with E-state index in [4.69, 9.17) is 10.5 Å². The molecule has 1 aliphatic rings. The number of benzene rings is 1. The van der Waals surface area contributed by atoms with Crippen molar-refractivity contribution in [3.63, 3.8) is 0 Å². The van der Waals surface area contributed by atoms with Gasteiger partial charge in [-0.05, 0) is 43.4 Å². The summed E-state index contributed by atoms with van der Waals surface area (Å²) in [5.41, 5.74) is 9.58. The molecule has 0 bridgehead atoms. The molecule has 222 valence electrons. The van der Waals surface area contributed by atoms with Gasteiger partial charge in [0.05, 0.1) is 28.2 Å². The Hall–Kier alpha value is -2.57. The lowest BCUT2D eigenvalue weighted by molar-refractivity contribution is -0.144. The second-order valence-electron chi connectivity index (χ2n) is 11.1. The largest absolute Gasteiger partial charge is 0.391 e. The number of thiazole rings is 1. The Kier molecular flexibility index (Phi) is 12.5. The Bertz CT molecular complexity index is 1140. The third kappa shape index (κ3) is 8.71. The number of β-amino-alcohol motifs (C(OH)–C–C–N with tert-alkyl or cyclic N) is 1. The quantitative estimate of drug-likeness (QED) is 0.292. The van der Waals surface area contributed by atoms with Crippen LogP contribution in [-0.2, 0) is 19.1 Å². The lowest BCUT2D eigenvalue weighted by atomic mass is 9.85. The van der Waals surface area contributed by atoms with Crippen LogP contribution in [-0.4, -0.2) is 77.2 Å². The normalized spacial score (nSPS) is 18.5. The van der Waals surface area contributed by atoms with Gasteiger partial charge in [-0.25, -0.2) is 4.98 Å². The van der Waals surface area contributed by atoms with E-state index in [1.807, 2.05) is 64.4 Å². The van der Waals surface area contributed by atoms with Crippen molar-refractivity contribution in [2.24, 2.45) is 11.1 Å². The number of hydrogen-bond donors (Lipinski definition) is 4. The van der Waals surface area contributed by atoms with Crippen LogP contribution >= 0.6 is 23.7 Å². The number of aromatic nitrogens is 1. The molecule has 2 heterocycles. The first-order chi connectivity index (χ1) is 18.4. The van der Waals surface area contributed by atoms with Crippen LogP contribution in [0.3, 0.4) is 0 Å². The number of nitrogens with two attached hydrogens (primary N) is 1. The second-order valence-corrected chi connectivity index (χ2v) is 11.9. The zero-order valence-electron chi connectivity index (χ0n) is 23.8. The number of hydrogen-bond acceptors (Lipinski definition) is 8. The highest BCUT2D eigenvalue weighted by Gasteiger charge is 2.44. The number of amides is 3. The molecule has 0 radical (unpaired) electrons. The Balaban J connectivity index is 0.00000560. The first kappa shape index (κ1) is 33.6. The minimum atomic E-state index is -0.899. The second kappa shape index (κ2) is 14.9. The van der Waals surface area contributed by atoms with Crippen molar-refractivity contribution in [1.29, 1.82) is 0 Å². The number of ether oxygens (including phenoxy) is 1.